The van der Waals surface area contributed by atoms with E-state index in [4.69, 9.17) is 17.0 Å². The van der Waals surface area contributed by atoms with Crippen molar-refractivity contribution in [3.63, 3.8) is 0 Å². The molecule has 0 saturated heterocycles. The van der Waals surface area contributed by atoms with Crippen LogP contribution in [-0.4, -0.2) is 37.9 Å². The Labute approximate surface area is 131 Å². The van der Waals surface area contributed by atoms with Crippen molar-refractivity contribution in [3.05, 3.63) is 22.1 Å². The maximum Gasteiger partial charge on any atom is 0.342 e. The number of hydrogen-bond acceptors (Lipinski definition) is 7. The van der Waals surface area contributed by atoms with Crippen molar-refractivity contribution >= 4 is 34.9 Å². The molecule has 9 nitrogen and oxygen atoms in total. The Hall–Kier alpha value is -2.36. The minimum absolute atomic E-state index is 0.0307. The first kappa shape index (κ1) is 17.7. The third-order valence-corrected chi connectivity index (χ3v) is 2.77. The van der Waals surface area contributed by atoms with Crippen LogP contribution < -0.4 is 5.32 Å². The van der Waals surface area contributed by atoms with E-state index in [-0.39, 0.29) is 37.7 Å². The van der Waals surface area contributed by atoms with Gasteiger partial charge in [0.25, 0.3) is 0 Å². The summed E-state index contributed by atoms with van der Waals surface area (Å²) in [6.45, 7) is 3.27. The summed E-state index contributed by atoms with van der Waals surface area (Å²) in [5.41, 5.74) is 0. The van der Waals surface area contributed by atoms with Gasteiger partial charge in [-0.3, -0.25) is 9.59 Å². The number of ether oxygens (including phenoxy) is 1. The summed E-state index contributed by atoms with van der Waals surface area (Å²) in [6.07, 6.45) is 1.03. The van der Waals surface area contributed by atoms with Gasteiger partial charge < -0.3 is 20.2 Å². The molecule has 120 valence electrons. The molecule has 1 rings (SSSR count). The van der Waals surface area contributed by atoms with Gasteiger partial charge >= 0.3 is 11.8 Å². The summed E-state index contributed by atoms with van der Waals surface area (Å²) in [7, 11) is 0. The van der Waals surface area contributed by atoms with Crippen LogP contribution in [0.3, 0.4) is 0 Å². The number of nitro groups is 1. The monoisotopic (exact) mass is 328 g/mol. The molecule has 1 aromatic rings. The Morgan fingerprint density at radius 3 is 2.77 bits per heavy atom. The van der Waals surface area contributed by atoms with Gasteiger partial charge in [-0.2, -0.15) is 0 Å². The second kappa shape index (κ2) is 8.17. The van der Waals surface area contributed by atoms with E-state index < -0.39 is 10.9 Å². The molecule has 0 aliphatic carbocycles. The number of imidazole rings is 1. The lowest BCUT2D eigenvalue weighted by atomic mass is 10.3. The highest BCUT2D eigenvalue weighted by molar-refractivity contribution is 7.80. The molecule has 0 aromatic carbocycles. The van der Waals surface area contributed by atoms with Crippen LogP contribution in [0.15, 0.2) is 6.20 Å². The maximum atomic E-state index is 11.5. The van der Waals surface area contributed by atoms with E-state index >= 15 is 0 Å². The van der Waals surface area contributed by atoms with Gasteiger partial charge in [0.2, 0.25) is 5.91 Å². The summed E-state index contributed by atoms with van der Waals surface area (Å²) in [5, 5.41) is 13.2. The van der Waals surface area contributed by atoms with Crippen LogP contribution in [0.25, 0.3) is 0 Å². The summed E-state index contributed by atoms with van der Waals surface area (Å²) < 4.78 is 6.28. The van der Waals surface area contributed by atoms with E-state index in [1.165, 1.54) is 4.57 Å². The zero-order chi connectivity index (χ0) is 16.7. The van der Waals surface area contributed by atoms with E-state index in [1.54, 1.807) is 13.8 Å². The molecule has 1 amide bonds. The molecular formula is C12H16N4O5S. The number of thiocarbonyl (C=S) groups is 1. The molecule has 0 spiro atoms. The molecule has 0 unspecified atom stereocenters. The van der Waals surface area contributed by atoms with E-state index in [2.05, 4.69) is 10.3 Å². The number of hydrogen-bond donors (Lipinski definition) is 1. The first-order valence-electron chi connectivity index (χ1n) is 6.43. The zero-order valence-electron chi connectivity index (χ0n) is 12.2. The van der Waals surface area contributed by atoms with Crippen LogP contribution in [0.4, 0.5) is 5.82 Å². The molecule has 0 aliphatic rings. The lowest BCUT2D eigenvalue weighted by Crippen LogP contribution is -2.27. The third-order valence-electron chi connectivity index (χ3n) is 2.67. The molecular weight excluding hydrogens is 312 g/mol. The summed E-state index contributed by atoms with van der Waals surface area (Å²) in [4.78, 5) is 37.2. The molecule has 0 radical (unpaired) electrons. The fourth-order valence-corrected chi connectivity index (χ4v) is 1.79. The highest BCUT2D eigenvalue weighted by atomic mass is 32.1. The van der Waals surface area contributed by atoms with Gasteiger partial charge in [0, 0.05) is 13.3 Å². The Bertz CT molecular complexity index is 598. The molecule has 1 N–H and O–H groups in total. The van der Waals surface area contributed by atoms with Crippen LogP contribution in [0, 0.1) is 17.0 Å². The summed E-state index contributed by atoms with van der Waals surface area (Å²) >= 11 is 4.70. The number of nitrogens with one attached hydrogen (secondary N) is 1. The average molecular weight is 328 g/mol. The molecule has 0 saturated carbocycles. The van der Waals surface area contributed by atoms with Crippen molar-refractivity contribution in [3.8, 4) is 0 Å². The van der Waals surface area contributed by atoms with E-state index in [0.717, 1.165) is 6.20 Å². The minimum atomic E-state index is -0.558. The van der Waals surface area contributed by atoms with E-state index in [9.17, 15) is 19.7 Å². The average Bonchev–Trinajstić information content (AvgIpc) is 2.77. The number of amides is 1. The van der Waals surface area contributed by atoms with Gasteiger partial charge in [-0.25, -0.2) is 9.55 Å². The number of carbonyl (C=O) groups excluding carboxylic acids is 2. The zero-order valence-corrected chi connectivity index (χ0v) is 13.0. The third kappa shape index (κ3) is 5.56. The number of nitrogens with zero attached hydrogens (tertiary/aromatic N) is 3. The van der Waals surface area contributed by atoms with Crippen LogP contribution in [0.5, 0.6) is 0 Å². The number of esters is 1. The highest BCUT2D eigenvalue weighted by Gasteiger charge is 2.17. The van der Waals surface area contributed by atoms with Crippen molar-refractivity contribution < 1.29 is 19.2 Å². The van der Waals surface area contributed by atoms with Crippen molar-refractivity contribution in [1.29, 1.82) is 0 Å². The van der Waals surface area contributed by atoms with Crippen molar-refractivity contribution in [1.82, 2.24) is 14.9 Å². The Morgan fingerprint density at radius 2 is 2.18 bits per heavy atom. The second-order valence-electron chi connectivity index (χ2n) is 4.40. The van der Waals surface area contributed by atoms with Gasteiger partial charge in [-0.15, -0.1) is 0 Å². The van der Waals surface area contributed by atoms with Crippen molar-refractivity contribution in [2.24, 2.45) is 0 Å². The number of carbonyl (C=O) groups is 2. The molecule has 22 heavy (non-hydrogen) atoms. The van der Waals surface area contributed by atoms with Crippen LogP contribution in [0.2, 0.25) is 0 Å². The predicted octanol–water partition coefficient (Wildman–Crippen LogP) is 0.887. The molecule has 0 bridgehead atoms. The van der Waals surface area contributed by atoms with Gasteiger partial charge in [-0.1, -0.05) is 12.2 Å². The smallest absolute Gasteiger partial charge is 0.342 e. The Morgan fingerprint density at radius 1 is 1.50 bits per heavy atom. The van der Waals surface area contributed by atoms with Crippen molar-refractivity contribution in [2.75, 3.05) is 6.61 Å². The van der Waals surface area contributed by atoms with Gasteiger partial charge in [0.1, 0.15) is 19.3 Å². The lowest BCUT2D eigenvalue weighted by molar-refractivity contribution is -0.392. The SMILES string of the molecule is CC(=S)NC(=O)CCC(=O)OCCn1c([N+](=O)[O-])cnc1C. The van der Waals surface area contributed by atoms with Gasteiger partial charge in [0.05, 0.1) is 11.4 Å². The first-order chi connectivity index (χ1) is 10.3. The fourth-order valence-electron chi connectivity index (χ4n) is 1.68. The Kier molecular flexibility index (Phi) is 6.57. The summed E-state index contributed by atoms with van der Waals surface area (Å²) in [6, 6.07) is 0. The molecule has 10 heteroatoms. The van der Waals surface area contributed by atoms with Crippen molar-refractivity contribution in [2.45, 2.75) is 33.2 Å². The van der Waals surface area contributed by atoms with E-state index in [0.29, 0.717) is 10.8 Å². The second-order valence-corrected chi connectivity index (χ2v) is 5.01. The minimum Gasteiger partial charge on any atom is -0.461 e. The largest absolute Gasteiger partial charge is 0.461 e. The number of aromatic nitrogens is 2. The van der Waals surface area contributed by atoms with E-state index in [1.807, 2.05) is 0 Å². The quantitative estimate of drug-likeness (QED) is 0.342. The Balaban J connectivity index is 2.37. The van der Waals surface area contributed by atoms with Crippen LogP contribution >= 0.6 is 12.2 Å². The molecule has 1 aromatic heterocycles. The molecule has 0 aliphatic heterocycles. The van der Waals surface area contributed by atoms with Gasteiger partial charge in [-0.05, 0) is 11.8 Å². The number of rotatable bonds is 7. The molecule has 1 heterocycles. The molecule has 0 fully saturated rings. The summed E-state index contributed by atoms with van der Waals surface area (Å²) in [5.74, 6) is -0.619. The van der Waals surface area contributed by atoms with Crippen LogP contribution in [0.1, 0.15) is 25.6 Å². The topological polar surface area (TPSA) is 116 Å². The lowest BCUT2D eigenvalue weighted by Gasteiger charge is -2.05. The highest BCUT2D eigenvalue weighted by Crippen LogP contribution is 2.13. The van der Waals surface area contributed by atoms with Gasteiger partial charge in [0.15, 0.2) is 5.82 Å². The molecule has 0 atom stereocenters. The maximum absolute atomic E-state index is 11.5. The standard InChI is InChI=1S/C12H16N4O5S/c1-8-13-7-11(16(19)20)15(8)5-6-21-12(18)4-3-10(17)14-9(2)22/h7H,3-6H2,1-2H3,(H,14,17,22). The normalized spacial score (nSPS) is 10.1. The number of aryl methyl sites for hydroxylation is 1. The predicted molar refractivity (Wildman–Crippen MR) is 80.2 cm³/mol. The first-order valence-corrected chi connectivity index (χ1v) is 6.84. The van der Waals surface area contributed by atoms with Crippen LogP contribution in [-0.2, 0) is 20.9 Å². The fraction of sp³-hybridized carbons (Fsp3) is 0.500.